The quantitative estimate of drug-likeness (QED) is 0.401. The van der Waals surface area contributed by atoms with E-state index >= 15 is 8.78 Å². The molecule has 5 rings (SSSR count). The van der Waals surface area contributed by atoms with Crippen molar-refractivity contribution in [3.63, 3.8) is 0 Å². The van der Waals surface area contributed by atoms with E-state index in [0.29, 0.717) is 5.78 Å². The number of amides is 4. The van der Waals surface area contributed by atoms with Gasteiger partial charge < -0.3 is 29.9 Å². The molecule has 14 nitrogen and oxygen atoms in total. The summed E-state index contributed by atoms with van der Waals surface area (Å²) in [6.07, 6.45) is 2.56. The molecule has 0 unspecified atom stereocenters. The molecule has 45 heavy (non-hydrogen) atoms. The third-order valence-corrected chi connectivity index (χ3v) is 7.61. The molecule has 2 saturated heterocycles. The van der Waals surface area contributed by atoms with E-state index in [-0.39, 0.29) is 62.2 Å². The van der Waals surface area contributed by atoms with Gasteiger partial charge in [0.2, 0.25) is 11.7 Å². The van der Waals surface area contributed by atoms with Crippen LogP contribution in [-0.4, -0.2) is 102 Å². The lowest BCUT2D eigenvalue weighted by molar-refractivity contribution is -0.136. The number of nitrogens with one attached hydrogen (secondary N) is 2. The summed E-state index contributed by atoms with van der Waals surface area (Å²) in [5.41, 5.74) is -0.840. The molecule has 4 heterocycles. The SMILES string of the molecule is COC(=O)NC[C@H]1CN(c2cc(F)c(N3CCN(C(=O)[C@@H](NC(=O)c4cn5cccnc5n4)C(C)(C)C)CC3)c(F)c2)C(=O)O1. The highest BCUT2D eigenvalue weighted by atomic mass is 19.1. The summed E-state index contributed by atoms with van der Waals surface area (Å²) in [5, 5.41) is 5.23. The van der Waals surface area contributed by atoms with Crippen LogP contribution in [0, 0.1) is 17.0 Å². The minimum Gasteiger partial charge on any atom is -0.453 e. The van der Waals surface area contributed by atoms with Crippen LogP contribution in [0.2, 0.25) is 0 Å². The number of hydrogen-bond acceptors (Lipinski definition) is 9. The molecule has 3 aromatic rings. The summed E-state index contributed by atoms with van der Waals surface area (Å²) >= 11 is 0. The van der Waals surface area contributed by atoms with E-state index in [2.05, 4.69) is 25.3 Å². The van der Waals surface area contributed by atoms with Gasteiger partial charge in [-0.2, -0.15) is 0 Å². The maximum Gasteiger partial charge on any atom is 0.414 e. The molecule has 2 aliphatic heterocycles. The summed E-state index contributed by atoms with van der Waals surface area (Å²) in [7, 11) is 1.19. The van der Waals surface area contributed by atoms with Gasteiger partial charge in [-0.25, -0.2) is 28.3 Å². The molecule has 16 heteroatoms. The largest absolute Gasteiger partial charge is 0.453 e. The molecule has 2 atom stereocenters. The van der Waals surface area contributed by atoms with Gasteiger partial charge in [-0.3, -0.25) is 18.9 Å². The number of piperazine rings is 1. The monoisotopic (exact) mass is 628 g/mol. The standard InChI is InChI=1S/C29H34F2N8O6/c1-29(2,3)23(35-24(40)21-16-38-7-5-6-32-26(38)34-21)25(41)37-10-8-36(9-11-37)22-19(30)12-17(13-20(22)31)39-15-18(45-28(39)43)14-33-27(42)44-4/h5-7,12-13,16,18,23H,8-11,14-15H2,1-4H3,(H,33,42)(H,35,40)/t18-,23+/m0/s1. The average molecular weight is 629 g/mol. The van der Waals surface area contributed by atoms with Crippen molar-refractivity contribution in [3.05, 3.63) is 54.1 Å². The Hall–Kier alpha value is -5.02. The van der Waals surface area contributed by atoms with Crippen molar-refractivity contribution in [2.45, 2.75) is 32.9 Å². The number of imidazole rings is 1. The molecule has 0 spiro atoms. The summed E-state index contributed by atoms with van der Waals surface area (Å²) in [6, 6.07) is 2.91. The molecule has 0 radical (unpaired) electrons. The van der Waals surface area contributed by atoms with Crippen molar-refractivity contribution < 1.29 is 37.4 Å². The first-order valence-corrected chi connectivity index (χ1v) is 14.3. The van der Waals surface area contributed by atoms with Crippen molar-refractivity contribution in [2.24, 2.45) is 5.41 Å². The molecular formula is C29H34F2N8O6. The number of ether oxygens (including phenoxy) is 2. The fourth-order valence-corrected chi connectivity index (χ4v) is 5.24. The number of alkyl carbamates (subject to hydrolysis) is 1. The topological polar surface area (TPSA) is 151 Å². The van der Waals surface area contributed by atoms with E-state index in [1.165, 1.54) is 18.2 Å². The Labute approximate surface area is 257 Å². The number of carbonyl (C=O) groups is 4. The highest BCUT2D eigenvalue weighted by Gasteiger charge is 2.38. The van der Waals surface area contributed by atoms with Gasteiger partial charge in [-0.05, 0) is 11.5 Å². The van der Waals surface area contributed by atoms with E-state index in [1.807, 2.05) is 20.8 Å². The summed E-state index contributed by atoms with van der Waals surface area (Å²) in [4.78, 5) is 62.8. The first kappa shape index (κ1) is 31.4. The molecule has 1 aromatic carbocycles. The molecule has 2 N–H and O–H groups in total. The fourth-order valence-electron chi connectivity index (χ4n) is 5.24. The maximum absolute atomic E-state index is 15.3. The molecule has 240 valence electrons. The van der Waals surface area contributed by atoms with Crippen LogP contribution in [0.5, 0.6) is 0 Å². The first-order chi connectivity index (χ1) is 21.3. The Morgan fingerprint density at radius 3 is 2.44 bits per heavy atom. The van der Waals surface area contributed by atoms with Crippen LogP contribution in [0.1, 0.15) is 31.3 Å². The molecule has 2 aromatic heterocycles. The molecule has 0 bridgehead atoms. The van der Waals surface area contributed by atoms with Gasteiger partial charge in [0, 0.05) is 56.9 Å². The van der Waals surface area contributed by atoms with E-state index in [0.717, 1.165) is 17.0 Å². The Bertz CT molecular complexity index is 1560. The van der Waals surface area contributed by atoms with E-state index in [9.17, 15) is 19.2 Å². The van der Waals surface area contributed by atoms with Crippen LogP contribution in [0.4, 0.5) is 29.7 Å². The average Bonchev–Trinajstić information content (AvgIpc) is 3.61. The molecule has 4 amide bonds. The maximum atomic E-state index is 15.3. The number of nitrogens with zero attached hydrogens (tertiary/aromatic N) is 6. The van der Waals surface area contributed by atoms with Crippen molar-refractivity contribution in [2.75, 3.05) is 56.2 Å². The van der Waals surface area contributed by atoms with E-state index < -0.39 is 47.3 Å². The van der Waals surface area contributed by atoms with E-state index in [1.54, 1.807) is 27.8 Å². The van der Waals surface area contributed by atoms with Crippen molar-refractivity contribution in [1.29, 1.82) is 0 Å². The minimum absolute atomic E-state index is 0.0264. The van der Waals surface area contributed by atoms with Gasteiger partial charge in [0.15, 0.2) is 11.6 Å². The summed E-state index contributed by atoms with van der Waals surface area (Å²) < 4.78 is 41.9. The number of halogens is 2. The second kappa shape index (κ2) is 12.5. The fraction of sp³-hybridized carbons (Fsp3) is 0.448. The second-order valence-corrected chi connectivity index (χ2v) is 11.8. The lowest BCUT2D eigenvalue weighted by atomic mass is 9.85. The van der Waals surface area contributed by atoms with Gasteiger partial charge in [0.1, 0.15) is 23.5 Å². The number of cyclic esters (lactones) is 1. The number of methoxy groups -OCH3 is 1. The molecule has 2 aliphatic rings. The number of anilines is 2. The third-order valence-electron chi connectivity index (χ3n) is 7.61. The Balaban J connectivity index is 1.23. The lowest BCUT2D eigenvalue weighted by Gasteiger charge is -2.40. The molecular weight excluding hydrogens is 594 g/mol. The van der Waals surface area contributed by atoms with Gasteiger partial charge in [-0.1, -0.05) is 20.8 Å². The Morgan fingerprint density at radius 1 is 1.13 bits per heavy atom. The van der Waals surface area contributed by atoms with Gasteiger partial charge in [-0.15, -0.1) is 0 Å². The zero-order valence-electron chi connectivity index (χ0n) is 25.3. The highest BCUT2D eigenvalue weighted by molar-refractivity contribution is 5.97. The smallest absolute Gasteiger partial charge is 0.414 e. The Kier molecular flexibility index (Phi) is 8.75. The van der Waals surface area contributed by atoms with E-state index in [4.69, 9.17) is 4.74 Å². The van der Waals surface area contributed by atoms with Crippen LogP contribution in [0.15, 0.2) is 36.8 Å². The number of aromatic nitrogens is 3. The molecule has 0 aliphatic carbocycles. The van der Waals surface area contributed by atoms with Crippen LogP contribution >= 0.6 is 0 Å². The summed E-state index contributed by atoms with van der Waals surface area (Å²) in [6.45, 7) is 6.03. The normalized spacial score (nSPS) is 17.7. The number of carbonyl (C=O) groups excluding carboxylic acids is 4. The minimum atomic E-state index is -0.895. The van der Waals surface area contributed by atoms with Crippen LogP contribution in [-0.2, 0) is 14.3 Å². The second-order valence-electron chi connectivity index (χ2n) is 11.8. The van der Waals surface area contributed by atoms with Crippen molar-refractivity contribution >= 4 is 41.2 Å². The van der Waals surface area contributed by atoms with Crippen molar-refractivity contribution in [1.82, 2.24) is 29.9 Å². The first-order valence-electron chi connectivity index (χ1n) is 14.3. The van der Waals surface area contributed by atoms with Crippen LogP contribution in [0.25, 0.3) is 5.78 Å². The van der Waals surface area contributed by atoms with Gasteiger partial charge in [0.05, 0.1) is 25.9 Å². The zero-order chi connectivity index (χ0) is 32.5. The van der Waals surface area contributed by atoms with Gasteiger partial charge in [0.25, 0.3) is 5.91 Å². The lowest BCUT2D eigenvalue weighted by Crippen LogP contribution is -2.58. The van der Waals surface area contributed by atoms with Crippen molar-refractivity contribution in [3.8, 4) is 0 Å². The third kappa shape index (κ3) is 6.73. The Morgan fingerprint density at radius 2 is 1.82 bits per heavy atom. The number of benzene rings is 1. The molecule has 0 saturated carbocycles. The predicted octanol–water partition coefficient (Wildman–Crippen LogP) is 2.18. The highest BCUT2D eigenvalue weighted by Crippen LogP contribution is 2.32. The van der Waals surface area contributed by atoms with Crippen LogP contribution < -0.4 is 20.4 Å². The zero-order valence-corrected chi connectivity index (χ0v) is 25.3. The number of hydrogen-bond donors (Lipinski definition) is 2. The summed E-state index contributed by atoms with van der Waals surface area (Å²) in [5.74, 6) is -2.25. The number of fused-ring (bicyclic) bond motifs is 1. The van der Waals surface area contributed by atoms with Gasteiger partial charge >= 0.3 is 12.2 Å². The predicted molar refractivity (Wildman–Crippen MR) is 157 cm³/mol. The number of rotatable bonds is 7. The van der Waals surface area contributed by atoms with Crippen LogP contribution in [0.3, 0.4) is 0 Å². The molecule has 2 fully saturated rings.